The van der Waals surface area contributed by atoms with Gasteiger partial charge in [-0.05, 0) is 37.3 Å². The zero-order valence-corrected chi connectivity index (χ0v) is 14.7. The minimum absolute atomic E-state index is 0. The summed E-state index contributed by atoms with van der Waals surface area (Å²) in [7, 11) is 0. The first-order valence-electron chi connectivity index (χ1n) is 8.55. The van der Waals surface area contributed by atoms with Gasteiger partial charge in [0.2, 0.25) is 11.8 Å². The number of amides is 2. The van der Waals surface area contributed by atoms with Crippen molar-refractivity contribution in [3.63, 3.8) is 0 Å². The van der Waals surface area contributed by atoms with Gasteiger partial charge in [0.05, 0.1) is 12.6 Å². The van der Waals surface area contributed by atoms with E-state index in [0.29, 0.717) is 19.5 Å². The fourth-order valence-corrected chi connectivity index (χ4v) is 2.99. The van der Waals surface area contributed by atoms with E-state index in [1.54, 1.807) is 0 Å². The molecule has 0 aromatic heterocycles. The molecule has 0 radical (unpaired) electrons. The first kappa shape index (κ1) is 18.7. The molecular formula is C18H26ClN3O2. The maximum atomic E-state index is 12.2. The van der Waals surface area contributed by atoms with E-state index in [-0.39, 0.29) is 30.3 Å². The Hall–Kier alpha value is -1.59. The van der Waals surface area contributed by atoms with Crippen molar-refractivity contribution in [2.45, 2.75) is 31.7 Å². The molecule has 1 unspecified atom stereocenters. The van der Waals surface area contributed by atoms with Crippen LogP contribution in [0.15, 0.2) is 30.3 Å². The van der Waals surface area contributed by atoms with Crippen LogP contribution >= 0.6 is 12.4 Å². The van der Waals surface area contributed by atoms with Gasteiger partial charge in [-0.2, -0.15) is 0 Å². The molecule has 1 aromatic carbocycles. The third-order valence-corrected chi connectivity index (χ3v) is 4.53. The molecular weight excluding hydrogens is 326 g/mol. The Balaban J connectivity index is 0.00000208. The van der Waals surface area contributed by atoms with Gasteiger partial charge in [-0.3, -0.25) is 9.59 Å². The molecule has 2 amide bonds. The van der Waals surface area contributed by atoms with Crippen LogP contribution in [0.4, 0.5) is 0 Å². The van der Waals surface area contributed by atoms with Gasteiger partial charge in [0.1, 0.15) is 0 Å². The van der Waals surface area contributed by atoms with Crippen molar-refractivity contribution in [1.29, 1.82) is 0 Å². The fraction of sp³-hybridized carbons (Fsp3) is 0.556. The van der Waals surface area contributed by atoms with E-state index in [2.05, 4.69) is 10.6 Å². The smallest absolute Gasteiger partial charge is 0.234 e. The van der Waals surface area contributed by atoms with Crippen molar-refractivity contribution in [3.8, 4) is 0 Å². The van der Waals surface area contributed by atoms with Crippen LogP contribution in [0.3, 0.4) is 0 Å². The van der Waals surface area contributed by atoms with Gasteiger partial charge in [-0.25, -0.2) is 0 Å². The van der Waals surface area contributed by atoms with Gasteiger partial charge in [-0.15, -0.1) is 12.4 Å². The van der Waals surface area contributed by atoms with Gasteiger partial charge in [0.15, 0.2) is 0 Å². The minimum atomic E-state index is -0.145. The summed E-state index contributed by atoms with van der Waals surface area (Å²) in [5.41, 5.74) is 1.04. The maximum Gasteiger partial charge on any atom is 0.234 e. The Morgan fingerprint density at radius 3 is 2.62 bits per heavy atom. The van der Waals surface area contributed by atoms with Crippen molar-refractivity contribution in [2.24, 2.45) is 5.92 Å². The molecule has 1 aromatic rings. The van der Waals surface area contributed by atoms with E-state index in [1.807, 2.05) is 35.2 Å². The molecule has 6 heteroatoms. The number of likely N-dealkylation sites (tertiary alicyclic amines) is 1. The van der Waals surface area contributed by atoms with E-state index in [9.17, 15) is 9.59 Å². The average Bonchev–Trinajstić information content (AvgIpc) is 3.30. The Kier molecular flexibility index (Phi) is 7.06. The lowest BCUT2D eigenvalue weighted by Gasteiger charge is -2.25. The molecule has 0 bridgehead atoms. The lowest BCUT2D eigenvalue weighted by atomic mass is 10.1. The third-order valence-electron chi connectivity index (χ3n) is 4.53. The van der Waals surface area contributed by atoms with Crippen LogP contribution in [0.1, 0.15) is 37.3 Å². The summed E-state index contributed by atoms with van der Waals surface area (Å²) in [6, 6.07) is 9.75. The maximum absolute atomic E-state index is 12.2. The highest BCUT2D eigenvalue weighted by Gasteiger charge is 2.25. The number of carbonyl (C=O) groups excluding carboxylic acids is 2. The molecule has 1 saturated carbocycles. The van der Waals surface area contributed by atoms with Crippen molar-refractivity contribution >= 4 is 24.2 Å². The van der Waals surface area contributed by atoms with E-state index in [1.165, 1.54) is 12.8 Å². The average molecular weight is 352 g/mol. The molecule has 1 heterocycles. The second-order valence-electron chi connectivity index (χ2n) is 6.55. The minimum Gasteiger partial charge on any atom is -0.346 e. The molecule has 24 heavy (non-hydrogen) atoms. The summed E-state index contributed by atoms with van der Waals surface area (Å²) in [4.78, 5) is 25.9. The van der Waals surface area contributed by atoms with E-state index >= 15 is 0 Å². The number of carbonyl (C=O) groups is 2. The quantitative estimate of drug-likeness (QED) is 0.751. The van der Waals surface area contributed by atoms with Crippen LogP contribution < -0.4 is 10.6 Å². The molecule has 1 saturated heterocycles. The van der Waals surface area contributed by atoms with Crippen LogP contribution in [0.5, 0.6) is 0 Å². The van der Waals surface area contributed by atoms with Crippen LogP contribution in [0.2, 0.25) is 0 Å². The van der Waals surface area contributed by atoms with Crippen molar-refractivity contribution in [2.75, 3.05) is 26.2 Å². The predicted octanol–water partition coefficient (Wildman–Crippen LogP) is 1.89. The zero-order chi connectivity index (χ0) is 16.1. The van der Waals surface area contributed by atoms with E-state index in [4.69, 9.17) is 0 Å². The molecule has 1 aliphatic carbocycles. The molecule has 2 N–H and O–H groups in total. The summed E-state index contributed by atoms with van der Waals surface area (Å²) in [6.45, 7) is 2.61. The summed E-state index contributed by atoms with van der Waals surface area (Å²) >= 11 is 0. The number of nitrogens with zero attached hydrogens (tertiary/aromatic N) is 1. The van der Waals surface area contributed by atoms with Gasteiger partial charge in [-0.1, -0.05) is 30.3 Å². The first-order valence-corrected chi connectivity index (χ1v) is 8.55. The molecule has 0 spiro atoms. The monoisotopic (exact) mass is 351 g/mol. The standard InChI is InChI=1S/C18H25N3O2.ClH/c22-17(12-19-11-14-8-9-14)20-16(15-5-2-1-3-6-15)13-21-10-4-7-18(21)23;/h1-3,5-6,14,16,19H,4,7-13H2,(H,20,22);1H. The Labute approximate surface area is 149 Å². The van der Waals surface area contributed by atoms with Crippen LogP contribution in [0.25, 0.3) is 0 Å². The van der Waals surface area contributed by atoms with Gasteiger partial charge in [0, 0.05) is 19.5 Å². The van der Waals surface area contributed by atoms with E-state index < -0.39 is 0 Å². The summed E-state index contributed by atoms with van der Waals surface area (Å²) < 4.78 is 0. The van der Waals surface area contributed by atoms with Gasteiger partial charge >= 0.3 is 0 Å². The largest absolute Gasteiger partial charge is 0.346 e. The molecule has 1 aliphatic heterocycles. The highest BCUT2D eigenvalue weighted by molar-refractivity contribution is 5.85. The molecule has 132 valence electrons. The second-order valence-corrected chi connectivity index (χ2v) is 6.55. The number of rotatable bonds is 8. The number of benzene rings is 1. The second kappa shape index (κ2) is 9.04. The summed E-state index contributed by atoms with van der Waals surface area (Å²) in [5.74, 6) is 0.938. The highest BCUT2D eigenvalue weighted by atomic mass is 35.5. The van der Waals surface area contributed by atoms with Crippen molar-refractivity contribution in [3.05, 3.63) is 35.9 Å². The lowest BCUT2D eigenvalue weighted by Crippen LogP contribution is -2.42. The SMILES string of the molecule is Cl.O=C(CNCC1CC1)NC(CN1CCCC1=O)c1ccccc1. The van der Waals surface area contributed by atoms with Crippen molar-refractivity contribution in [1.82, 2.24) is 15.5 Å². The predicted molar refractivity (Wildman–Crippen MR) is 96.0 cm³/mol. The summed E-state index contributed by atoms with van der Waals surface area (Å²) in [6.07, 6.45) is 4.09. The summed E-state index contributed by atoms with van der Waals surface area (Å²) in [5, 5.41) is 6.29. The normalized spacial score (nSPS) is 18.2. The topological polar surface area (TPSA) is 61.4 Å². The zero-order valence-electron chi connectivity index (χ0n) is 13.9. The fourth-order valence-electron chi connectivity index (χ4n) is 2.99. The van der Waals surface area contributed by atoms with Gasteiger partial charge in [0.25, 0.3) is 0 Å². The third kappa shape index (κ3) is 5.49. The van der Waals surface area contributed by atoms with E-state index in [0.717, 1.165) is 31.0 Å². The molecule has 2 aliphatic rings. The molecule has 2 fully saturated rings. The first-order chi connectivity index (χ1) is 11.2. The number of halogens is 1. The Morgan fingerprint density at radius 1 is 1.25 bits per heavy atom. The number of hydrogen-bond acceptors (Lipinski definition) is 3. The van der Waals surface area contributed by atoms with Crippen LogP contribution in [-0.2, 0) is 9.59 Å². The van der Waals surface area contributed by atoms with Crippen LogP contribution in [0, 0.1) is 5.92 Å². The van der Waals surface area contributed by atoms with Gasteiger partial charge < -0.3 is 15.5 Å². The molecule has 5 nitrogen and oxygen atoms in total. The van der Waals surface area contributed by atoms with Crippen LogP contribution in [-0.4, -0.2) is 42.9 Å². The molecule has 3 rings (SSSR count). The highest BCUT2D eigenvalue weighted by Crippen LogP contribution is 2.27. The Morgan fingerprint density at radius 2 is 2.00 bits per heavy atom. The Bertz CT molecular complexity index is 548. The molecule has 1 atom stereocenters. The number of hydrogen-bond donors (Lipinski definition) is 2. The van der Waals surface area contributed by atoms with Crippen molar-refractivity contribution < 1.29 is 9.59 Å². The number of nitrogens with one attached hydrogen (secondary N) is 2. The lowest BCUT2D eigenvalue weighted by molar-refractivity contribution is -0.129.